The lowest BCUT2D eigenvalue weighted by molar-refractivity contribution is -0.145. The van der Waals surface area contributed by atoms with Crippen molar-refractivity contribution in [1.29, 1.82) is 5.26 Å². The first-order chi connectivity index (χ1) is 22.0. The normalized spacial score (nSPS) is 25.0. The topological polar surface area (TPSA) is 103 Å². The smallest absolute Gasteiger partial charge is 0.318 e. The molecule has 2 aromatic heterocycles. The highest BCUT2D eigenvalue weighted by Gasteiger charge is 2.64. The molecule has 3 N–H and O–H groups in total. The minimum absolute atomic E-state index is 0.0160. The number of alkyl halides is 3. The summed E-state index contributed by atoms with van der Waals surface area (Å²) in [7, 11) is 1.31. The molecule has 0 aliphatic carbocycles. The number of hydrogen-bond acceptors (Lipinski definition) is 9. The molecule has 4 aliphatic heterocycles. The lowest BCUT2D eigenvalue weighted by Crippen LogP contribution is -2.74. The van der Waals surface area contributed by atoms with Gasteiger partial charge in [-0.05, 0) is 49.9 Å². The second-order valence-corrected chi connectivity index (χ2v) is 13.6. The zero-order valence-corrected chi connectivity index (χ0v) is 26.2. The lowest BCUT2D eigenvalue weighted by atomic mass is 9.83. The Hall–Kier alpha value is -3.51. The first-order valence-corrected chi connectivity index (χ1v) is 16.1. The van der Waals surface area contributed by atoms with Gasteiger partial charge in [-0.3, -0.25) is 10.2 Å². The maximum absolute atomic E-state index is 16.2. The average molecular weight is 678 g/mol. The van der Waals surface area contributed by atoms with Gasteiger partial charge in [-0.25, -0.2) is 22.0 Å². The fourth-order valence-electron chi connectivity index (χ4n) is 7.18. The number of thiophene rings is 1. The summed E-state index contributed by atoms with van der Waals surface area (Å²) in [5.41, 5.74) is 4.47. The lowest BCUT2D eigenvalue weighted by Gasteiger charge is -2.47. The zero-order valence-electron chi connectivity index (χ0n) is 24.6. The summed E-state index contributed by atoms with van der Waals surface area (Å²) >= 11 is 7.48. The Bertz CT molecular complexity index is 1910. The van der Waals surface area contributed by atoms with Gasteiger partial charge in [0.1, 0.15) is 39.9 Å². The Morgan fingerprint density at radius 2 is 2.04 bits per heavy atom. The molecule has 1 spiro atoms. The Morgan fingerprint density at radius 1 is 1.24 bits per heavy atom. The number of nitrogen functional groups attached to an aromatic ring is 1. The van der Waals surface area contributed by atoms with Crippen LogP contribution in [0.5, 0.6) is 6.01 Å². The van der Waals surface area contributed by atoms with E-state index >= 15 is 4.39 Å². The third-order valence-electron chi connectivity index (χ3n) is 9.60. The van der Waals surface area contributed by atoms with Crippen LogP contribution in [0.3, 0.4) is 0 Å². The van der Waals surface area contributed by atoms with E-state index in [1.165, 1.54) is 32.1 Å². The number of ether oxygens (including phenoxy) is 1. The molecular formula is C31H29ClF5N7OS. The van der Waals surface area contributed by atoms with E-state index in [4.69, 9.17) is 22.1 Å². The van der Waals surface area contributed by atoms with Gasteiger partial charge in [-0.2, -0.15) is 15.2 Å². The Morgan fingerprint density at radius 3 is 2.70 bits per heavy atom. The van der Waals surface area contributed by atoms with Crippen molar-refractivity contribution >= 4 is 54.7 Å². The van der Waals surface area contributed by atoms with Gasteiger partial charge in [0.2, 0.25) is 0 Å². The number of methoxy groups -OCH3 is 1. The molecule has 3 atom stereocenters. The summed E-state index contributed by atoms with van der Waals surface area (Å²) < 4.78 is 77.4. The molecule has 4 aliphatic rings. The second kappa shape index (κ2) is 11.3. The van der Waals surface area contributed by atoms with E-state index in [2.05, 4.69) is 20.2 Å². The van der Waals surface area contributed by atoms with E-state index in [-0.39, 0.29) is 79.0 Å². The van der Waals surface area contributed by atoms with Crippen molar-refractivity contribution in [3.05, 3.63) is 40.4 Å². The van der Waals surface area contributed by atoms with Crippen molar-refractivity contribution in [2.75, 3.05) is 50.5 Å². The van der Waals surface area contributed by atoms with Crippen LogP contribution < -0.4 is 20.7 Å². The molecule has 3 unspecified atom stereocenters. The van der Waals surface area contributed by atoms with E-state index in [1.807, 2.05) is 6.07 Å². The summed E-state index contributed by atoms with van der Waals surface area (Å²) in [6.45, 7) is 1.66. The number of benzene rings is 2. The number of rotatable bonds is 3. The highest BCUT2D eigenvalue weighted by molar-refractivity contribution is 7.23. The number of hydrogen-bond donors (Lipinski definition) is 2. The highest BCUT2D eigenvalue weighted by Crippen LogP contribution is 2.48. The molecule has 46 heavy (non-hydrogen) atoms. The Kier molecular flexibility index (Phi) is 7.66. The first-order valence-electron chi connectivity index (χ1n) is 14.9. The SMILES string of the molecule is COc1nc(N2CCC3(C2)NCC3(F)F)c2cc(Cl)c(-c3ccc(F)c4sc(N)c(C#N)c34)c(F)c2n1.FC1CC2CCCN2C1. The van der Waals surface area contributed by atoms with Gasteiger partial charge < -0.3 is 15.4 Å². The number of nitrogens with zero attached hydrogens (tertiary/aromatic N) is 5. The molecule has 15 heteroatoms. The number of nitrogens with one attached hydrogen (secondary N) is 1. The average Bonchev–Trinajstić information content (AvgIpc) is 3.81. The summed E-state index contributed by atoms with van der Waals surface area (Å²) in [5, 5.41) is 12.9. The van der Waals surface area contributed by atoms with Crippen molar-refractivity contribution in [2.24, 2.45) is 0 Å². The Labute approximate surface area is 269 Å². The third kappa shape index (κ3) is 4.82. The zero-order chi connectivity index (χ0) is 32.5. The predicted octanol–water partition coefficient (Wildman–Crippen LogP) is 6.29. The van der Waals surface area contributed by atoms with Crippen molar-refractivity contribution < 1.29 is 26.7 Å². The molecule has 0 saturated carbocycles. The van der Waals surface area contributed by atoms with Gasteiger partial charge in [0.05, 0.1) is 28.9 Å². The quantitative estimate of drug-likeness (QED) is 0.244. The molecule has 0 amide bonds. The van der Waals surface area contributed by atoms with Gasteiger partial charge in [0, 0.05) is 42.0 Å². The van der Waals surface area contributed by atoms with Crippen molar-refractivity contribution in [3.8, 4) is 23.2 Å². The largest absolute Gasteiger partial charge is 0.467 e. The number of nitriles is 1. The molecule has 242 valence electrons. The van der Waals surface area contributed by atoms with Crippen molar-refractivity contribution in [1.82, 2.24) is 20.2 Å². The summed E-state index contributed by atoms with van der Waals surface area (Å²) in [6.07, 6.45) is 2.99. The van der Waals surface area contributed by atoms with Crippen molar-refractivity contribution in [3.63, 3.8) is 0 Å². The third-order valence-corrected chi connectivity index (χ3v) is 10.9. The molecule has 0 radical (unpaired) electrons. The maximum Gasteiger partial charge on any atom is 0.318 e. The number of fused-ring (bicyclic) bond motifs is 3. The van der Waals surface area contributed by atoms with Crippen LogP contribution in [0.25, 0.3) is 32.1 Å². The predicted molar refractivity (Wildman–Crippen MR) is 168 cm³/mol. The fraction of sp³-hybridized carbons (Fsp3) is 0.452. The molecule has 8 rings (SSSR count). The summed E-state index contributed by atoms with van der Waals surface area (Å²) in [5.74, 6) is -4.13. The number of nitrogens with two attached hydrogens (primary N) is 1. The van der Waals surface area contributed by atoms with Crippen LogP contribution in [0.15, 0.2) is 18.2 Å². The van der Waals surface area contributed by atoms with E-state index in [9.17, 15) is 22.8 Å². The van der Waals surface area contributed by atoms with Crippen LogP contribution in [0.1, 0.15) is 31.2 Å². The van der Waals surface area contributed by atoms with E-state index in [1.54, 1.807) is 4.90 Å². The molecule has 4 fully saturated rings. The van der Waals surface area contributed by atoms with Crippen molar-refractivity contribution in [2.45, 2.75) is 49.4 Å². The van der Waals surface area contributed by atoms with Crippen LogP contribution in [0.4, 0.5) is 32.8 Å². The van der Waals surface area contributed by atoms with Crippen LogP contribution in [0, 0.1) is 23.0 Å². The number of halogens is 6. The van der Waals surface area contributed by atoms with Gasteiger partial charge in [-0.15, -0.1) is 11.3 Å². The monoisotopic (exact) mass is 677 g/mol. The summed E-state index contributed by atoms with van der Waals surface area (Å²) in [4.78, 5) is 12.4. The molecule has 8 nitrogen and oxygen atoms in total. The van der Waals surface area contributed by atoms with E-state index in [0.717, 1.165) is 30.4 Å². The highest BCUT2D eigenvalue weighted by atomic mass is 35.5. The molecule has 4 saturated heterocycles. The van der Waals surface area contributed by atoms with Crippen LogP contribution in [0.2, 0.25) is 5.02 Å². The number of aromatic nitrogens is 2. The summed E-state index contributed by atoms with van der Waals surface area (Å²) in [6, 6.07) is 6.32. The van der Waals surface area contributed by atoms with E-state index in [0.29, 0.717) is 12.6 Å². The standard InChI is InChI=1S/C24H17ClF4N6OS.C7H12FN/c1-36-22-33-18-11(21(34-22)35-5-4-23(9-35)24(28,29)8-32-23)6-13(25)16(17(18)27)10-2-3-14(26)19-15(10)12(7-30)20(31)37-19;8-6-4-7-2-1-3-9(7)5-6/h2-3,6,32H,4-5,8-9,31H2,1H3;6-7H,1-5H2. The molecule has 4 aromatic rings. The molecular weight excluding hydrogens is 649 g/mol. The van der Waals surface area contributed by atoms with Gasteiger partial charge >= 0.3 is 6.01 Å². The van der Waals surface area contributed by atoms with Gasteiger partial charge in [0.15, 0.2) is 5.82 Å². The number of anilines is 2. The fourth-order valence-corrected chi connectivity index (χ4v) is 8.42. The second-order valence-electron chi connectivity index (χ2n) is 12.2. The Balaban J connectivity index is 0.000000321. The first kappa shape index (κ1) is 31.1. The maximum atomic E-state index is 16.2. The molecule has 6 heterocycles. The van der Waals surface area contributed by atoms with Gasteiger partial charge in [0.25, 0.3) is 5.92 Å². The van der Waals surface area contributed by atoms with Crippen LogP contribution in [-0.4, -0.2) is 78.4 Å². The van der Waals surface area contributed by atoms with E-state index < -0.39 is 35.8 Å². The van der Waals surface area contributed by atoms with Crippen LogP contribution in [-0.2, 0) is 0 Å². The minimum atomic E-state index is -2.88. The van der Waals surface area contributed by atoms with Gasteiger partial charge in [-0.1, -0.05) is 17.7 Å². The van der Waals surface area contributed by atoms with Crippen LogP contribution >= 0.6 is 22.9 Å². The minimum Gasteiger partial charge on any atom is -0.467 e. The molecule has 2 aromatic carbocycles. The molecule has 0 bridgehead atoms.